The van der Waals surface area contributed by atoms with Crippen molar-refractivity contribution >= 4 is 20.9 Å². The fourth-order valence-electron chi connectivity index (χ4n) is 2.79. The van der Waals surface area contributed by atoms with E-state index in [0.29, 0.717) is 0 Å². The van der Waals surface area contributed by atoms with Crippen LogP contribution in [0.2, 0.25) is 0 Å². The SMILES string of the molecule is CCCCCCCCCOS(=O)(=O)c1ccc2cc(C)ccc2c1. The van der Waals surface area contributed by atoms with E-state index >= 15 is 0 Å². The van der Waals surface area contributed by atoms with Crippen molar-refractivity contribution in [2.75, 3.05) is 6.61 Å². The van der Waals surface area contributed by atoms with E-state index < -0.39 is 10.1 Å². The van der Waals surface area contributed by atoms with Gasteiger partial charge in [0.25, 0.3) is 10.1 Å². The molecule has 3 nitrogen and oxygen atoms in total. The average molecular weight is 349 g/mol. The second-order valence-electron chi connectivity index (χ2n) is 6.41. The Bertz CT molecular complexity index is 751. The van der Waals surface area contributed by atoms with Crippen LogP contribution in [0.1, 0.15) is 57.4 Å². The minimum absolute atomic E-state index is 0.238. The number of unbranched alkanes of at least 4 members (excludes halogenated alkanes) is 6. The summed E-state index contributed by atoms with van der Waals surface area (Å²) in [7, 11) is -3.66. The molecular weight excluding hydrogens is 320 g/mol. The molecule has 0 aromatic heterocycles. The number of fused-ring (bicyclic) bond motifs is 1. The lowest BCUT2D eigenvalue weighted by Crippen LogP contribution is -2.07. The lowest BCUT2D eigenvalue weighted by atomic mass is 10.1. The zero-order valence-electron chi connectivity index (χ0n) is 14.8. The Morgan fingerprint density at radius 1 is 0.833 bits per heavy atom. The zero-order chi connectivity index (χ0) is 17.4. The van der Waals surface area contributed by atoms with Crippen molar-refractivity contribution in [3.63, 3.8) is 0 Å². The molecule has 132 valence electrons. The smallest absolute Gasteiger partial charge is 0.266 e. The molecule has 2 aromatic rings. The van der Waals surface area contributed by atoms with Gasteiger partial charge in [0.2, 0.25) is 0 Å². The van der Waals surface area contributed by atoms with Crippen LogP contribution >= 0.6 is 0 Å². The van der Waals surface area contributed by atoms with Crippen molar-refractivity contribution in [2.45, 2.75) is 63.7 Å². The molecule has 0 fully saturated rings. The third-order valence-electron chi connectivity index (χ3n) is 4.24. The Labute approximate surface area is 146 Å². The van der Waals surface area contributed by atoms with Crippen molar-refractivity contribution in [1.82, 2.24) is 0 Å². The fourth-order valence-corrected chi connectivity index (χ4v) is 3.77. The first kappa shape index (κ1) is 18.9. The minimum Gasteiger partial charge on any atom is -0.266 e. The Morgan fingerprint density at radius 3 is 2.21 bits per heavy atom. The largest absolute Gasteiger partial charge is 0.296 e. The minimum atomic E-state index is -3.66. The Hall–Kier alpha value is -1.39. The summed E-state index contributed by atoms with van der Waals surface area (Å²) >= 11 is 0. The third kappa shape index (κ3) is 5.60. The maximum Gasteiger partial charge on any atom is 0.296 e. The summed E-state index contributed by atoms with van der Waals surface area (Å²) in [6, 6.07) is 11.1. The van der Waals surface area contributed by atoms with Gasteiger partial charge in [-0.05, 0) is 36.2 Å². The molecule has 0 spiro atoms. The lowest BCUT2D eigenvalue weighted by Gasteiger charge is -2.07. The Kier molecular flexibility index (Phi) is 7.25. The van der Waals surface area contributed by atoms with E-state index in [1.807, 2.05) is 31.2 Å². The van der Waals surface area contributed by atoms with Crippen molar-refractivity contribution in [1.29, 1.82) is 0 Å². The second kappa shape index (κ2) is 9.19. The van der Waals surface area contributed by atoms with E-state index in [1.54, 1.807) is 12.1 Å². The van der Waals surface area contributed by atoms with E-state index in [0.717, 1.165) is 35.6 Å². The van der Waals surface area contributed by atoms with Gasteiger partial charge in [-0.1, -0.05) is 75.3 Å². The van der Waals surface area contributed by atoms with E-state index in [2.05, 4.69) is 6.92 Å². The molecule has 0 saturated carbocycles. The van der Waals surface area contributed by atoms with Gasteiger partial charge >= 0.3 is 0 Å². The molecule has 4 heteroatoms. The molecule has 2 rings (SSSR count). The quantitative estimate of drug-likeness (QED) is 0.414. The van der Waals surface area contributed by atoms with E-state index in [4.69, 9.17) is 4.18 Å². The predicted octanol–water partition coefficient (Wildman–Crippen LogP) is 5.60. The van der Waals surface area contributed by atoms with Crippen LogP contribution in [0.25, 0.3) is 10.8 Å². The van der Waals surface area contributed by atoms with Crippen molar-refractivity contribution in [3.8, 4) is 0 Å². The Balaban J connectivity index is 1.85. The second-order valence-corrected chi connectivity index (χ2v) is 8.03. The normalized spacial score (nSPS) is 11.9. The van der Waals surface area contributed by atoms with Gasteiger partial charge in [0.1, 0.15) is 0 Å². The summed E-state index contributed by atoms with van der Waals surface area (Å²) in [5.41, 5.74) is 1.16. The molecular formula is C20H28O3S. The van der Waals surface area contributed by atoms with Gasteiger partial charge in [-0.15, -0.1) is 0 Å². The van der Waals surface area contributed by atoms with Gasteiger partial charge in [-0.25, -0.2) is 0 Å². The van der Waals surface area contributed by atoms with Crippen LogP contribution in [0.4, 0.5) is 0 Å². The maximum absolute atomic E-state index is 12.3. The number of benzene rings is 2. The number of rotatable bonds is 10. The molecule has 0 aliphatic rings. The molecule has 0 unspecified atom stereocenters. The molecule has 0 aliphatic heterocycles. The Morgan fingerprint density at radius 2 is 1.46 bits per heavy atom. The molecule has 0 amide bonds. The summed E-state index contributed by atoms with van der Waals surface area (Å²) in [5, 5.41) is 1.96. The van der Waals surface area contributed by atoms with Gasteiger partial charge < -0.3 is 0 Å². The highest BCUT2D eigenvalue weighted by Gasteiger charge is 2.15. The van der Waals surface area contributed by atoms with E-state index in [-0.39, 0.29) is 11.5 Å². The average Bonchev–Trinajstić information content (AvgIpc) is 2.56. The molecule has 24 heavy (non-hydrogen) atoms. The van der Waals surface area contributed by atoms with Gasteiger partial charge in [0.15, 0.2) is 0 Å². The third-order valence-corrected chi connectivity index (χ3v) is 5.55. The lowest BCUT2D eigenvalue weighted by molar-refractivity contribution is 0.306. The molecule has 0 N–H and O–H groups in total. The van der Waals surface area contributed by atoms with Crippen LogP contribution < -0.4 is 0 Å². The van der Waals surface area contributed by atoms with Crippen LogP contribution in [0.3, 0.4) is 0 Å². The number of hydrogen-bond donors (Lipinski definition) is 0. The summed E-state index contributed by atoms with van der Waals surface area (Å²) in [6.45, 7) is 4.49. The van der Waals surface area contributed by atoms with Crippen LogP contribution in [-0.4, -0.2) is 15.0 Å². The van der Waals surface area contributed by atoms with Gasteiger partial charge in [-0.3, -0.25) is 4.18 Å². The fraction of sp³-hybridized carbons (Fsp3) is 0.500. The number of aryl methyl sites for hydroxylation is 1. The summed E-state index contributed by atoms with van der Waals surface area (Å²) in [4.78, 5) is 0.238. The standard InChI is InChI=1S/C20H28O3S/c1-3-4-5-6-7-8-9-14-23-24(21,22)20-13-12-18-15-17(2)10-11-19(18)16-20/h10-13,15-16H,3-9,14H2,1-2H3. The molecule has 0 atom stereocenters. The molecule has 0 radical (unpaired) electrons. The zero-order valence-corrected chi connectivity index (χ0v) is 15.6. The first-order chi connectivity index (χ1) is 11.5. The first-order valence-corrected chi connectivity index (χ1v) is 10.3. The molecule has 0 saturated heterocycles. The molecule has 2 aromatic carbocycles. The van der Waals surface area contributed by atoms with Gasteiger partial charge in [-0.2, -0.15) is 8.42 Å². The summed E-state index contributed by atoms with van der Waals surface area (Å²) < 4.78 is 29.8. The molecule has 0 aliphatic carbocycles. The van der Waals surface area contributed by atoms with E-state index in [1.165, 1.54) is 25.7 Å². The van der Waals surface area contributed by atoms with E-state index in [9.17, 15) is 8.42 Å². The van der Waals surface area contributed by atoms with Crippen molar-refractivity contribution in [2.24, 2.45) is 0 Å². The van der Waals surface area contributed by atoms with Crippen molar-refractivity contribution < 1.29 is 12.6 Å². The van der Waals surface area contributed by atoms with Crippen LogP contribution in [0, 0.1) is 6.92 Å². The van der Waals surface area contributed by atoms with Crippen LogP contribution in [0.5, 0.6) is 0 Å². The summed E-state index contributed by atoms with van der Waals surface area (Å²) in [6.07, 6.45) is 7.99. The maximum atomic E-state index is 12.3. The number of hydrogen-bond acceptors (Lipinski definition) is 3. The summed E-state index contributed by atoms with van der Waals surface area (Å²) in [5.74, 6) is 0. The highest BCUT2D eigenvalue weighted by molar-refractivity contribution is 7.86. The van der Waals surface area contributed by atoms with Gasteiger partial charge in [0, 0.05) is 0 Å². The molecule has 0 bridgehead atoms. The first-order valence-electron chi connectivity index (χ1n) is 8.93. The monoisotopic (exact) mass is 348 g/mol. The van der Waals surface area contributed by atoms with Gasteiger partial charge in [0.05, 0.1) is 11.5 Å². The van der Waals surface area contributed by atoms with Crippen LogP contribution in [0.15, 0.2) is 41.3 Å². The molecule has 0 heterocycles. The highest BCUT2D eigenvalue weighted by Crippen LogP contribution is 2.22. The highest BCUT2D eigenvalue weighted by atomic mass is 32.2. The van der Waals surface area contributed by atoms with Crippen molar-refractivity contribution in [3.05, 3.63) is 42.0 Å². The van der Waals surface area contributed by atoms with Crippen LogP contribution in [-0.2, 0) is 14.3 Å². The predicted molar refractivity (Wildman–Crippen MR) is 99.8 cm³/mol. The topological polar surface area (TPSA) is 43.4 Å².